The molecule has 0 saturated carbocycles. The second-order valence-corrected chi connectivity index (χ2v) is 20.5. The van der Waals surface area contributed by atoms with Crippen LogP contribution >= 0.6 is 0 Å². The Morgan fingerprint density at radius 2 is 0.603 bits per heavy atom. The van der Waals surface area contributed by atoms with Crippen molar-refractivity contribution in [3.05, 3.63) is 153 Å². The van der Waals surface area contributed by atoms with E-state index in [9.17, 15) is 9.59 Å². The van der Waals surface area contributed by atoms with E-state index in [1.54, 1.807) is 12.1 Å². The number of aldehydes is 2. The first-order chi connectivity index (χ1) is 38.5. The third-order valence-corrected chi connectivity index (χ3v) is 13.9. The fourth-order valence-corrected chi connectivity index (χ4v) is 9.17. The van der Waals surface area contributed by atoms with Gasteiger partial charge in [-0.05, 0) is 72.2 Å². The molecule has 5 rings (SSSR count). The predicted molar refractivity (Wildman–Crippen MR) is 328 cm³/mol. The van der Waals surface area contributed by atoms with Crippen LogP contribution in [0.15, 0.2) is 97.1 Å². The van der Waals surface area contributed by atoms with Crippen molar-refractivity contribution in [3.63, 3.8) is 0 Å². The first-order valence-corrected chi connectivity index (χ1v) is 30.0. The first kappa shape index (κ1) is 62.1. The van der Waals surface area contributed by atoms with Crippen molar-refractivity contribution in [2.24, 2.45) is 0 Å². The van der Waals surface area contributed by atoms with Crippen LogP contribution in [0.1, 0.15) is 247 Å². The highest BCUT2D eigenvalue weighted by molar-refractivity contribution is 5.83. The van der Waals surface area contributed by atoms with E-state index in [1.807, 2.05) is 48.5 Å². The van der Waals surface area contributed by atoms with Gasteiger partial charge >= 0.3 is 0 Å². The molecule has 0 bridgehead atoms. The quantitative estimate of drug-likeness (QED) is 0.0170. The monoisotopic (exact) mass is 1050 g/mol. The molecule has 0 aliphatic heterocycles. The maximum Gasteiger partial charge on any atom is 0.153 e. The van der Waals surface area contributed by atoms with Crippen LogP contribution in [0.4, 0.5) is 0 Å². The highest BCUT2D eigenvalue weighted by Crippen LogP contribution is 2.31. The van der Waals surface area contributed by atoms with Crippen molar-refractivity contribution in [1.29, 1.82) is 0 Å². The number of unbranched alkanes of at least 4 members (excludes halogenated alkanes) is 20. The van der Waals surface area contributed by atoms with E-state index >= 15 is 0 Å². The van der Waals surface area contributed by atoms with Crippen molar-refractivity contribution in [3.8, 4) is 46.7 Å². The van der Waals surface area contributed by atoms with Crippen LogP contribution in [0.2, 0.25) is 0 Å². The molecular formula is C72H90O6. The van der Waals surface area contributed by atoms with Crippen molar-refractivity contribution in [2.45, 2.75) is 182 Å². The van der Waals surface area contributed by atoms with E-state index in [-0.39, 0.29) is 0 Å². The molecule has 0 amide bonds. The molecule has 414 valence electrons. The van der Waals surface area contributed by atoms with Gasteiger partial charge < -0.3 is 18.9 Å². The zero-order valence-corrected chi connectivity index (χ0v) is 48.0. The van der Waals surface area contributed by atoms with Crippen LogP contribution in [-0.2, 0) is 0 Å². The standard InChI is InChI=1S/C72H90O6/c1-5-9-13-17-21-31-47-75-69-55-67(57-73)71(77-49-33-23-19-15-11-7-3)53-65(69)45-43-63-51-62(42-40-60-37-29-26-30-38-60)64(52-61(63)41-39-59-35-27-25-28-36-59)44-46-66-54-72(78-50-34-24-20-16-12-8-4)68(58-74)56-70(66)76-48-32-22-18-14-10-6-2/h25-30,35-42,51-58H,5-24,31-34,47-50H2,1-4H3/b41-39+,42-40+. The van der Waals surface area contributed by atoms with Gasteiger partial charge in [0.15, 0.2) is 12.6 Å². The molecular weight excluding hydrogens is 961 g/mol. The SMILES string of the molecule is CCCCCCCCOc1cc(C=O)c(OCCCCCCCC)cc1C#Cc1cc(/C=C/c2ccccc2)c(C#Cc2cc(OCCCCCCCC)c(C=O)cc2OCCCCCCCC)cc1/C=C/c1ccccc1. The molecule has 0 spiro atoms. The number of hydrogen-bond donors (Lipinski definition) is 0. The fraction of sp³-hybridized carbons (Fsp3) is 0.444. The van der Waals surface area contributed by atoms with Gasteiger partial charge in [-0.3, -0.25) is 9.59 Å². The molecule has 78 heavy (non-hydrogen) atoms. The number of rotatable bonds is 38. The number of hydrogen-bond acceptors (Lipinski definition) is 6. The summed E-state index contributed by atoms with van der Waals surface area (Å²) in [4.78, 5) is 25.2. The third kappa shape index (κ3) is 23.5. The van der Waals surface area contributed by atoms with Crippen molar-refractivity contribution in [2.75, 3.05) is 26.4 Å². The van der Waals surface area contributed by atoms with Crippen LogP contribution in [0, 0.1) is 23.7 Å². The minimum Gasteiger partial charge on any atom is -0.493 e. The largest absolute Gasteiger partial charge is 0.493 e. The minimum atomic E-state index is 0.459. The molecule has 0 aliphatic carbocycles. The molecule has 0 heterocycles. The molecule has 0 aromatic heterocycles. The molecule has 5 aromatic rings. The van der Waals surface area contributed by atoms with E-state index in [2.05, 4.69) is 112 Å². The van der Waals surface area contributed by atoms with Crippen molar-refractivity contribution >= 4 is 36.9 Å². The summed E-state index contributed by atoms with van der Waals surface area (Å²) >= 11 is 0. The Morgan fingerprint density at radius 3 is 0.923 bits per heavy atom. The summed E-state index contributed by atoms with van der Waals surface area (Å²) in [5, 5.41) is 0. The molecule has 0 N–H and O–H groups in total. The molecule has 0 atom stereocenters. The van der Waals surface area contributed by atoms with E-state index in [0.717, 1.165) is 97.3 Å². The Kier molecular flexibility index (Phi) is 30.8. The van der Waals surface area contributed by atoms with Crippen molar-refractivity contribution in [1.82, 2.24) is 0 Å². The van der Waals surface area contributed by atoms with Gasteiger partial charge in [-0.15, -0.1) is 0 Å². The number of carbonyl (C=O) groups excluding carboxylic acids is 2. The molecule has 0 saturated heterocycles. The van der Waals surface area contributed by atoms with Crippen LogP contribution in [0.25, 0.3) is 24.3 Å². The highest BCUT2D eigenvalue weighted by Gasteiger charge is 2.15. The summed E-state index contributed by atoms with van der Waals surface area (Å²) in [6.45, 7) is 11.0. The van der Waals surface area contributed by atoms with Crippen LogP contribution in [0.5, 0.6) is 23.0 Å². The maximum absolute atomic E-state index is 12.6. The Balaban J connectivity index is 1.62. The lowest BCUT2D eigenvalue weighted by atomic mass is 9.96. The zero-order valence-electron chi connectivity index (χ0n) is 48.0. The summed E-state index contributed by atoms with van der Waals surface area (Å²) in [5.74, 6) is 16.3. The third-order valence-electron chi connectivity index (χ3n) is 13.9. The van der Waals surface area contributed by atoms with Gasteiger partial charge in [-0.25, -0.2) is 0 Å². The van der Waals surface area contributed by atoms with Crippen LogP contribution in [-0.4, -0.2) is 39.0 Å². The van der Waals surface area contributed by atoms with Crippen molar-refractivity contribution < 1.29 is 28.5 Å². The smallest absolute Gasteiger partial charge is 0.153 e. The lowest BCUT2D eigenvalue weighted by molar-refractivity contribution is 0.111. The minimum absolute atomic E-state index is 0.459. The summed E-state index contributed by atoms with van der Waals surface area (Å²) < 4.78 is 25.6. The normalized spacial score (nSPS) is 11.0. The van der Waals surface area contributed by atoms with Crippen LogP contribution < -0.4 is 18.9 Å². The van der Waals surface area contributed by atoms with E-state index < -0.39 is 0 Å². The zero-order chi connectivity index (χ0) is 55.1. The summed E-state index contributed by atoms with van der Waals surface area (Å²) in [7, 11) is 0. The lowest BCUT2D eigenvalue weighted by Crippen LogP contribution is -2.04. The summed E-state index contributed by atoms with van der Waals surface area (Å²) in [6.07, 6.45) is 37.4. The fourth-order valence-electron chi connectivity index (χ4n) is 9.17. The second-order valence-electron chi connectivity index (χ2n) is 20.5. The Bertz CT molecular complexity index is 2510. The molecule has 6 heteroatoms. The first-order valence-electron chi connectivity index (χ1n) is 30.0. The van der Waals surface area contributed by atoms with Gasteiger partial charge in [0.1, 0.15) is 23.0 Å². The van der Waals surface area contributed by atoms with E-state index in [0.29, 0.717) is 71.7 Å². The predicted octanol–water partition coefficient (Wildman–Crippen LogP) is 19.4. The molecule has 6 nitrogen and oxygen atoms in total. The van der Waals surface area contributed by atoms with Crippen LogP contribution in [0.3, 0.4) is 0 Å². The topological polar surface area (TPSA) is 71.1 Å². The Morgan fingerprint density at radius 1 is 0.308 bits per heavy atom. The molecule has 0 unspecified atom stereocenters. The van der Waals surface area contributed by atoms with E-state index in [4.69, 9.17) is 18.9 Å². The number of benzene rings is 5. The molecule has 0 fully saturated rings. The van der Waals surface area contributed by atoms with Gasteiger partial charge in [0.25, 0.3) is 0 Å². The van der Waals surface area contributed by atoms with E-state index in [1.165, 1.54) is 103 Å². The maximum atomic E-state index is 12.6. The molecule has 0 aliphatic rings. The highest BCUT2D eigenvalue weighted by atomic mass is 16.5. The lowest BCUT2D eigenvalue weighted by Gasteiger charge is -2.14. The molecule has 0 radical (unpaired) electrons. The molecule has 5 aromatic carbocycles. The average Bonchev–Trinajstić information content (AvgIpc) is 3.47. The Labute approximate surface area is 470 Å². The van der Waals surface area contributed by atoms with Gasteiger partial charge in [0.05, 0.1) is 48.7 Å². The number of ether oxygens (including phenoxy) is 4. The Hall–Kier alpha value is -6.76. The second kappa shape index (κ2) is 38.7. The average molecular weight is 1050 g/mol. The summed E-state index contributed by atoms with van der Waals surface area (Å²) in [6, 6.07) is 32.0. The van der Waals surface area contributed by atoms with Gasteiger partial charge in [0.2, 0.25) is 0 Å². The number of carbonyl (C=O) groups is 2. The van der Waals surface area contributed by atoms with Gasteiger partial charge in [0, 0.05) is 23.3 Å². The van der Waals surface area contributed by atoms with Gasteiger partial charge in [-0.1, -0.05) is 265 Å². The van der Waals surface area contributed by atoms with Gasteiger partial charge in [-0.2, -0.15) is 0 Å². The summed E-state index contributed by atoms with van der Waals surface area (Å²) in [5.41, 5.74) is 7.69.